The average Bonchev–Trinajstić information content (AvgIpc) is 2.85. The lowest BCUT2D eigenvalue weighted by Crippen LogP contribution is -2.39. The SMILES string of the molecule is CSc1ccc([N+](=O)[O-])c(C(=O)N2CCC3CCC(C2)N3)c1.Cl. The first kappa shape index (κ1) is 18.0. The van der Waals surface area contributed by atoms with Crippen molar-refractivity contribution in [1.82, 2.24) is 10.2 Å². The van der Waals surface area contributed by atoms with Crippen LogP contribution in [-0.2, 0) is 0 Å². The second-order valence-corrected chi connectivity index (χ2v) is 6.70. The Bertz CT molecular complexity index is 614. The minimum atomic E-state index is -0.473. The zero-order chi connectivity index (χ0) is 15.7. The number of rotatable bonds is 3. The highest BCUT2D eigenvalue weighted by atomic mass is 35.5. The molecule has 0 spiro atoms. The van der Waals surface area contributed by atoms with Crippen LogP contribution in [0.5, 0.6) is 0 Å². The van der Waals surface area contributed by atoms with Gasteiger partial charge in [-0.3, -0.25) is 14.9 Å². The van der Waals surface area contributed by atoms with Crippen LogP contribution in [0.4, 0.5) is 5.69 Å². The van der Waals surface area contributed by atoms with Crippen LogP contribution in [-0.4, -0.2) is 47.2 Å². The van der Waals surface area contributed by atoms with E-state index < -0.39 is 4.92 Å². The summed E-state index contributed by atoms with van der Waals surface area (Å²) in [5, 5.41) is 14.7. The number of likely N-dealkylation sites (tertiary alicyclic amines) is 1. The number of hydrogen-bond donors (Lipinski definition) is 1. The van der Waals surface area contributed by atoms with Crippen molar-refractivity contribution in [1.29, 1.82) is 0 Å². The molecule has 2 heterocycles. The predicted octanol–water partition coefficient (Wildman–Crippen LogP) is 2.71. The summed E-state index contributed by atoms with van der Waals surface area (Å²) in [6, 6.07) is 5.56. The summed E-state index contributed by atoms with van der Waals surface area (Å²) in [6.45, 7) is 1.30. The van der Waals surface area contributed by atoms with E-state index in [1.807, 2.05) is 6.26 Å². The van der Waals surface area contributed by atoms with Crippen LogP contribution >= 0.6 is 24.2 Å². The van der Waals surface area contributed by atoms with Gasteiger partial charge in [0.2, 0.25) is 0 Å². The number of nitro groups is 1. The molecule has 0 radical (unpaired) electrons. The molecule has 2 saturated heterocycles. The van der Waals surface area contributed by atoms with E-state index in [1.165, 1.54) is 17.8 Å². The average molecular weight is 358 g/mol. The van der Waals surface area contributed by atoms with E-state index in [2.05, 4.69) is 5.32 Å². The Morgan fingerprint density at radius 1 is 1.35 bits per heavy atom. The minimum absolute atomic E-state index is 0. The molecular weight excluding hydrogens is 338 g/mol. The molecular formula is C15H20ClN3O3S. The second kappa shape index (κ2) is 7.51. The van der Waals surface area contributed by atoms with E-state index >= 15 is 0 Å². The van der Waals surface area contributed by atoms with E-state index in [0.29, 0.717) is 25.2 Å². The number of thioether (sulfide) groups is 1. The van der Waals surface area contributed by atoms with E-state index in [4.69, 9.17) is 0 Å². The fourth-order valence-corrected chi connectivity index (χ4v) is 3.71. The summed E-state index contributed by atoms with van der Waals surface area (Å²) in [6.07, 6.45) is 5.04. The summed E-state index contributed by atoms with van der Waals surface area (Å²) in [5.74, 6) is -0.225. The normalized spacial score (nSPS) is 23.1. The van der Waals surface area contributed by atoms with Gasteiger partial charge in [0.1, 0.15) is 5.56 Å². The maximum absolute atomic E-state index is 12.8. The number of amides is 1. The zero-order valence-electron chi connectivity index (χ0n) is 12.9. The third-order valence-electron chi connectivity index (χ3n) is 4.44. The minimum Gasteiger partial charge on any atom is -0.337 e. The molecule has 2 unspecified atom stereocenters. The predicted molar refractivity (Wildman–Crippen MR) is 92.6 cm³/mol. The van der Waals surface area contributed by atoms with E-state index in [1.54, 1.807) is 17.0 Å². The molecule has 0 saturated carbocycles. The van der Waals surface area contributed by atoms with Crippen molar-refractivity contribution < 1.29 is 9.72 Å². The van der Waals surface area contributed by atoms with Gasteiger partial charge in [0.25, 0.3) is 11.6 Å². The molecule has 0 aromatic heterocycles. The number of carbonyl (C=O) groups is 1. The van der Waals surface area contributed by atoms with Crippen LogP contribution in [0, 0.1) is 10.1 Å². The Labute approximate surface area is 145 Å². The monoisotopic (exact) mass is 357 g/mol. The summed E-state index contributed by atoms with van der Waals surface area (Å²) >= 11 is 1.48. The van der Waals surface area contributed by atoms with Crippen LogP contribution < -0.4 is 5.32 Å². The molecule has 2 aliphatic heterocycles. The fraction of sp³-hybridized carbons (Fsp3) is 0.533. The highest BCUT2D eigenvalue weighted by molar-refractivity contribution is 7.98. The lowest BCUT2D eigenvalue weighted by molar-refractivity contribution is -0.385. The van der Waals surface area contributed by atoms with Gasteiger partial charge in [-0.2, -0.15) is 0 Å². The molecule has 0 aliphatic carbocycles. The topological polar surface area (TPSA) is 75.5 Å². The quantitative estimate of drug-likeness (QED) is 0.511. The number of hydrogen-bond acceptors (Lipinski definition) is 5. The summed E-state index contributed by atoms with van der Waals surface area (Å²) in [4.78, 5) is 26.2. The largest absolute Gasteiger partial charge is 0.337 e. The summed E-state index contributed by atoms with van der Waals surface area (Å²) < 4.78 is 0. The molecule has 6 nitrogen and oxygen atoms in total. The van der Waals surface area contributed by atoms with Gasteiger partial charge in [0.15, 0.2) is 0 Å². The van der Waals surface area contributed by atoms with E-state index in [-0.39, 0.29) is 29.6 Å². The third kappa shape index (κ3) is 3.79. The molecule has 23 heavy (non-hydrogen) atoms. The Kier molecular flexibility index (Phi) is 5.89. The van der Waals surface area contributed by atoms with Crippen LogP contribution in [0.25, 0.3) is 0 Å². The highest BCUT2D eigenvalue weighted by Gasteiger charge is 2.33. The van der Waals surface area contributed by atoms with Crippen molar-refractivity contribution in [2.24, 2.45) is 0 Å². The van der Waals surface area contributed by atoms with Gasteiger partial charge >= 0.3 is 0 Å². The summed E-state index contributed by atoms with van der Waals surface area (Å²) in [7, 11) is 0. The van der Waals surface area contributed by atoms with Gasteiger partial charge < -0.3 is 10.2 Å². The van der Waals surface area contributed by atoms with Crippen LogP contribution in [0.2, 0.25) is 0 Å². The molecule has 2 atom stereocenters. The maximum Gasteiger partial charge on any atom is 0.282 e. The van der Waals surface area contributed by atoms with Crippen molar-refractivity contribution in [3.63, 3.8) is 0 Å². The van der Waals surface area contributed by atoms with Crippen LogP contribution in [0.1, 0.15) is 29.6 Å². The maximum atomic E-state index is 12.8. The van der Waals surface area contributed by atoms with E-state index in [9.17, 15) is 14.9 Å². The number of fused-ring (bicyclic) bond motifs is 2. The first-order valence-electron chi connectivity index (χ1n) is 7.46. The second-order valence-electron chi connectivity index (χ2n) is 5.82. The zero-order valence-corrected chi connectivity index (χ0v) is 14.5. The fourth-order valence-electron chi connectivity index (χ4n) is 3.27. The molecule has 126 valence electrons. The highest BCUT2D eigenvalue weighted by Crippen LogP contribution is 2.28. The molecule has 2 bridgehead atoms. The Balaban J connectivity index is 0.00000192. The third-order valence-corrected chi connectivity index (χ3v) is 5.17. The standard InChI is InChI=1S/C15H19N3O3S.ClH/c1-22-12-4-5-14(18(20)21)13(8-12)15(19)17-7-6-10-2-3-11(9-17)16-10;/h4-5,8,10-11,16H,2-3,6-7,9H2,1H3;1H. The Morgan fingerprint density at radius 3 is 2.78 bits per heavy atom. The van der Waals surface area contributed by atoms with Crippen molar-refractivity contribution >= 4 is 35.8 Å². The smallest absolute Gasteiger partial charge is 0.282 e. The van der Waals surface area contributed by atoms with Crippen molar-refractivity contribution in [3.05, 3.63) is 33.9 Å². The summed E-state index contributed by atoms with van der Waals surface area (Å²) in [5.41, 5.74) is 0.0970. The van der Waals surface area contributed by atoms with Gasteiger partial charge in [0, 0.05) is 36.1 Å². The lowest BCUT2D eigenvalue weighted by atomic mass is 10.1. The Hall–Kier alpha value is -1.31. The van der Waals surface area contributed by atoms with Crippen molar-refractivity contribution in [2.45, 2.75) is 36.2 Å². The van der Waals surface area contributed by atoms with Crippen molar-refractivity contribution in [3.8, 4) is 0 Å². The van der Waals surface area contributed by atoms with Gasteiger partial charge in [-0.25, -0.2) is 0 Å². The van der Waals surface area contributed by atoms with Gasteiger partial charge in [0.05, 0.1) is 4.92 Å². The van der Waals surface area contributed by atoms with Gasteiger partial charge in [-0.05, 0) is 37.7 Å². The lowest BCUT2D eigenvalue weighted by Gasteiger charge is -2.24. The molecule has 1 N–H and O–H groups in total. The Morgan fingerprint density at radius 2 is 2.09 bits per heavy atom. The van der Waals surface area contributed by atoms with Crippen LogP contribution in [0.15, 0.2) is 23.1 Å². The van der Waals surface area contributed by atoms with Crippen LogP contribution in [0.3, 0.4) is 0 Å². The number of halogens is 1. The van der Waals surface area contributed by atoms with Crippen molar-refractivity contribution in [2.75, 3.05) is 19.3 Å². The number of carbonyl (C=O) groups excluding carboxylic acids is 1. The number of benzene rings is 1. The van der Waals surface area contributed by atoms with Gasteiger partial charge in [-0.15, -0.1) is 24.2 Å². The first-order valence-corrected chi connectivity index (χ1v) is 8.68. The molecule has 1 amide bonds. The number of nitro benzene ring substituents is 1. The molecule has 1 aromatic carbocycles. The van der Waals surface area contributed by atoms with E-state index in [0.717, 1.165) is 24.2 Å². The molecule has 8 heteroatoms. The first-order chi connectivity index (χ1) is 10.6. The van der Waals surface area contributed by atoms with Gasteiger partial charge in [-0.1, -0.05) is 0 Å². The molecule has 2 aliphatic rings. The number of nitrogens with zero attached hydrogens (tertiary/aromatic N) is 2. The molecule has 3 rings (SSSR count). The number of nitrogens with one attached hydrogen (secondary N) is 1. The molecule has 2 fully saturated rings. The molecule has 1 aromatic rings.